The molecule has 0 radical (unpaired) electrons. The molecule has 0 aliphatic carbocycles. The van der Waals surface area contributed by atoms with Crippen LogP contribution in [-0.4, -0.2) is 5.11 Å². The summed E-state index contributed by atoms with van der Waals surface area (Å²) >= 11 is 0. The van der Waals surface area contributed by atoms with Gasteiger partial charge in [0.05, 0.1) is 0 Å². The third-order valence-electron chi connectivity index (χ3n) is 2.46. The molecule has 0 saturated carbocycles. The Balaban J connectivity index is 2.05. The smallest absolute Gasteiger partial charge is 0.126 e. The summed E-state index contributed by atoms with van der Waals surface area (Å²) in [4.78, 5) is 0. The summed E-state index contributed by atoms with van der Waals surface area (Å²) in [7, 11) is 0. The summed E-state index contributed by atoms with van der Waals surface area (Å²) in [5.41, 5.74) is 1.73. The minimum absolute atomic E-state index is 0.263. The average molecular weight is 232 g/mol. The van der Waals surface area contributed by atoms with Gasteiger partial charge in [-0.15, -0.1) is 0 Å². The van der Waals surface area contributed by atoms with Gasteiger partial charge in [-0.25, -0.2) is 4.39 Å². The first-order valence-electron chi connectivity index (χ1n) is 5.32. The number of phenols is 1. The molecule has 0 amide bonds. The monoisotopic (exact) mass is 232 g/mol. The Kier molecular flexibility index (Phi) is 3.28. The molecule has 1 N–H and O–H groups in total. The second-order valence-electron chi connectivity index (χ2n) is 3.87. The molecule has 2 rings (SSSR count). The highest BCUT2D eigenvalue weighted by Gasteiger charge is 2.00. The fraction of sp³-hybridized carbons (Fsp3) is 0.143. The highest BCUT2D eigenvalue weighted by Crippen LogP contribution is 2.19. The number of aromatic hydroxyl groups is 1. The Bertz CT molecular complexity index is 523. The molecule has 3 heteroatoms. The summed E-state index contributed by atoms with van der Waals surface area (Å²) in [6.07, 6.45) is 0. The fourth-order valence-electron chi connectivity index (χ4n) is 1.53. The molecule has 2 aromatic rings. The molecule has 0 saturated heterocycles. The van der Waals surface area contributed by atoms with Crippen LogP contribution in [0.4, 0.5) is 4.39 Å². The van der Waals surface area contributed by atoms with Crippen molar-refractivity contribution < 1.29 is 14.2 Å². The van der Waals surface area contributed by atoms with E-state index in [2.05, 4.69) is 0 Å². The lowest BCUT2D eigenvalue weighted by atomic mass is 10.1. The highest BCUT2D eigenvalue weighted by molar-refractivity contribution is 5.35. The lowest BCUT2D eigenvalue weighted by Gasteiger charge is -2.07. The van der Waals surface area contributed by atoms with Gasteiger partial charge in [-0.2, -0.15) is 0 Å². The molecule has 0 aliphatic rings. The van der Waals surface area contributed by atoms with Crippen LogP contribution in [0.3, 0.4) is 0 Å². The van der Waals surface area contributed by atoms with E-state index in [1.165, 1.54) is 12.1 Å². The molecule has 2 nitrogen and oxygen atoms in total. The minimum Gasteiger partial charge on any atom is -0.508 e. The van der Waals surface area contributed by atoms with Crippen molar-refractivity contribution in [3.8, 4) is 11.5 Å². The van der Waals surface area contributed by atoms with Crippen LogP contribution >= 0.6 is 0 Å². The molecule has 2 aromatic carbocycles. The van der Waals surface area contributed by atoms with Crippen LogP contribution in [0.2, 0.25) is 0 Å². The van der Waals surface area contributed by atoms with Crippen molar-refractivity contribution in [1.29, 1.82) is 0 Å². The zero-order valence-electron chi connectivity index (χ0n) is 9.48. The lowest BCUT2D eigenvalue weighted by Crippen LogP contribution is -1.96. The number of hydrogen-bond donors (Lipinski definition) is 1. The van der Waals surface area contributed by atoms with Crippen molar-refractivity contribution in [3.63, 3.8) is 0 Å². The van der Waals surface area contributed by atoms with Gasteiger partial charge >= 0.3 is 0 Å². The fourth-order valence-corrected chi connectivity index (χ4v) is 1.53. The topological polar surface area (TPSA) is 29.5 Å². The van der Waals surface area contributed by atoms with Crippen molar-refractivity contribution in [2.24, 2.45) is 0 Å². The van der Waals surface area contributed by atoms with E-state index in [4.69, 9.17) is 4.74 Å². The van der Waals surface area contributed by atoms with Crippen molar-refractivity contribution in [2.75, 3.05) is 0 Å². The quantitative estimate of drug-likeness (QED) is 0.878. The predicted molar refractivity (Wildman–Crippen MR) is 63.6 cm³/mol. The van der Waals surface area contributed by atoms with Gasteiger partial charge in [0.15, 0.2) is 0 Å². The SMILES string of the molecule is Cc1cc(COc2cccc(F)c2)ccc1O. The summed E-state index contributed by atoms with van der Waals surface area (Å²) in [6, 6.07) is 11.3. The van der Waals surface area contributed by atoms with E-state index in [9.17, 15) is 9.50 Å². The van der Waals surface area contributed by atoms with Gasteiger partial charge in [0.2, 0.25) is 0 Å². The summed E-state index contributed by atoms with van der Waals surface area (Å²) < 4.78 is 18.3. The molecule has 0 bridgehead atoms. The van der Waals surface area contributed by atoms with Crippen molar-refractivity contribution in [2.45, 2.75) is 13.5 Å². The van der Waals surface area contributed by atoms with Gasteiger partial charge in [-0.3, -0.25) is 0 Å². The van der Waals surface area contributed by atoms with Crippen molar-refractivity contribution >= 4 is 0 Å². The van der Waals surface area contributed by atoms with Crippen LogP contribution in [-0.2, 0) is 6.61 Å². The molecule has 17 heavy (non-hydrogen) atoms. The van der Waals surface area contributed by atoms with E-state index in [1.807, 2.05) is 13.0 Å². The van der Waals surface area contributed by atoms with Crippen LogP contribution in [0.25, 0.3) is 0 Å². The second-order valence-corrected chi connectivity index (χ2v) is 3.87. The molecule has 0 heterocycles. The first-order valence-corrected chi connectivity index (χ1v) is 5.32. The molecule has 0 atom stereocenters. The number of ether oxygens (including phenoxy) is 1. The third kappa shape index (κ3) is 2.97. The van der Waals surface area contributed by atoms with Crippen molar-refractivity contribution in [3.05, 3.63) is 59.4 Å². The van der Waals surface area contributed by atoms with Gasteiger partial charge < -0.3 is 9.84 Å². The van der Waals surface area contributed by atoms with E-state index < -0.39 is 0 Å². The molecule has 0 spiro atoms. The summed E-state index contributed by atoms with van der Waals surface area (Å²) in [5, 5.41) is 9.37. The minimum atomic E-state index is -0.315. The maximum Gasteiger partial charge on any atom is 0.126 e. The van der Waals surface area contributed by atoms with Gasteiger partial charge in [-0.05, 0) is 42.3 Å². The predicted octanol–water partition coefficient (Wildman–Crippen LogP) is 3.42. The van der Waals surface area contributed by atoms with Crippen LogP contribution < -0.4 is 4.74 Å². The largest absolute Gasteiger partial charge is 0.508 e. The molecular weight excluding hydrogens is 219 g/mol. The number of aryl methyl sites for hydroxylation is 1. The first kappa shape index (κ1) is 11.5. The van der Waals surface area contributed by atoms with E-state index in [0.717, 1.165) is 11.1 Å². The Labute approximate surface area is 99.3 Å². The zero-order chi connectivity index (χ0) is 12.3. The summed E-state index contributed by atoms with van der Waals surface area (Å²) in [5.74, 6) is 0.444. The van der Waals surface area contributed by atoms with Gasteiger partial charge in [-0.1, -0.05) is 12.1 Å². The van der Waals surface area contributed by atoms with E-state index in [-0.39, 0.29) is 11.6 Å². The number of hydrogen-bond acceptors (Lipinski definition) is 2. The van der Waals surface area contributed by atoms with Crippen LogP contribution in [0.5, 0.6) is 11.5 Å². The second kappa shape index (κ2) is 4.87. The van der Waals surface area contributed by atoms with Gasteiger partial charge in [0, 0.05) is 6.07 Å². The maximum atomic E-state index is 12.9. The van der Waals surface area contributed by atoms with Gasteiger partial charge in [0.1, 0.15) is 23.9 Å². The van der Waals surface area contributed by atoms with Gasteiger partial charge in [0.25, 0.3) is 0 Å². The molecule has 0 aliphatic heterocycles. The number of halogens is 1. The number of rotatable bonds is 3. The van der Waals surface area contributed by atoms with E-state index in [1.54, 1.807) is 24.3 Å². The van der Waals surface area contributed by atoms with Crippen LogP contribution in [0.1, 0.15) is 11.1 Å². The standard InChI is InChI=1S/C14H13FO2/c1-10-7-11(5-6-14(10)16)9-17-13-4-2-3-12(15)8-13/h2-8,16H,9H2,1H3. The third-order valence-corrected chi connectivity index (χ3v) is 2.46. The molecule has 0 unspecified atom stereocenters. The zero-order valence-corrected chi connectivity index (χ0v) is 9.48. The van der Waals surface area contributed by atoms with E-state index in [0.29, 0.717) is 12.4 Å². The highest BCUT2D eigenvalue weighted by atomic mass is 19.1. The van der Waals surface area contributed by atoms with Crippen molar-refractivity contribution in [1.82, 2.24) is 0 Å². The molecule has 0 aromatic heterocycles. The molecular formula is C14H13FO2. The molecule has 88 valence electrons. The normalized spacial score (nSPS) is 10.2. The average Bonchev–Trinajstić information content (AvgIpc) is 2.31. The van der Waals surface area contributed by atoms with E-state index >= 15 is 0 Å². The Morgan fingerprint density at radius 1 is 1.18 bits per heavy atom. The Hall–Kier alpha value is -2.03. The first-order chi connectivity index (χ1) is 8.15. The Morgan fingerprint density at radius 2 is 2.00 bits per heavy atom. The number of phenolic OH excluding ortho intramolecular Hbond substituents is 1. The Morgan fingerprint density at radius 3 is 2.71 bits per heavy atom. The lowest BCUT2D eigenvalue weighted by molar-refractivity contribution is 0.304. The van der Waals surface area contributed by atoms with Crippen LogP contribution in [0, 0.1) is 12.7 Å². The number of benzene rings is 2. The maximum absolute atomic E-state index is 12.9. The molecule has 0 fully saturated rings. The summed E-state index contributed by atoms with van der Waals surface area (Å²) in [6.45, 7) is 2.17. The van der Waals surface area contributed by atoms with Crippen LogP contribution in [0.15, 0.2) is 42.5 Å².